The minimum atomic E-state index is 0.562. The highest BCUT2D eigenvalue weighted by atomic mass is 16.5. The second-order valence-corrected chi connectivity index (χ2v) is 4.93. The molecule has 0 saturated heterocycles. The first kappa shape index (κ1) is 15.0. The molecule has 0 spiro atoms. The maximum absolute atomic E-state index is 5.36. The van der Waals surface area contributed by atoms with Crippen molar-refractivity contribution in [2.24, 2.45) is 0 Å². The Morgan fingerprint density at radius 1 is 0.826 bits per heavy atom. The highest BCUT2D eigenvalue weighted by molar-refractivity contribution is 5.81. The van der Waals surface area contributed by atoms with Crippen molar-refractivity contribution < 1.29 is 14.2 Å². The molecule has 3 rings (SSSR count). The number of ether oxygens (including phenoxy) is 3. The summed E-state index contributed by atoms with van der Waals surface area (Å²) in [6.07, 6.45) is 0. The van der Waals surface area contributed by atoms with Crippen molar-refractivity contribution in [1.29, 1.82) is 0 Å². The number of pyridine rings is 1. The van der Waals surface area contributed by atoms with Crippen LogP contribution in [0.15, 0.2) is 48.5 Å². The van der Waals surface area contributed by atoms with E-state index < -0.39 is 0 Å². The Hall–Kier alpha value is -2.95. The molecule has 118 valence electrons. The number of benzene rings is 2. The number of nitrogens with one attached hydrogen (secondary N) is 1. The summed E-state index contributed by atoms with van der Waals surface area (Å²) in [7, 11) is 4.77. The summed E-state index contributed by atoms with van der Waals surface area (Å²) in [4.78, 5) is 4.60. The van der Waals surface area contributed by atoms with Gasteiger partial charge in [0.25, 0.3) is 0 Å². The molecule has 0 aliphatic rings. The van der Waals surface area contributed by atoms with Gasteiger partial charge in [0.15, 0.2) is 11.5 Å². The molecule has 0 fully saturated rings. The van der Waals surface area contributed by atoms with Crippen LogP contribution >= 0.6 is 0 Å². The van der Waals surface area contributed by atoms with Gasteiger partial charge in [-0.1, -0.05) is 18.2 Å². The Morgan fingerprint density at radius 3 is 2.17 bits per heavy atom. The SMILES string of the molecule is COc1cc(Nc2ccc3ccccc3n2)cc(OC)c1OC. The van der Waals surface area contributed by atoms with Gasteiger partial charge < -0.3 is 19.5 Å². The molecule has 0 aliphatic heterocycles. The number of rotatable bonds is 5. The standard InChI is InChI=1S/C18H18N2O3/c1-21-15-10-13(11-16(22-2)18(15)23-3)19-17-9-8-12-6-4-5-7-14(12)20-17/h4-11H,1-3H3,(H,19,20). The minimum absolute atomic E-state index is 0.562. The van der Waals surface area contributed by atoms with Crippen LogP contribution in [0, 0.1) is 0 Å². The fraction of sp³-hybridized carbons (Fsp3) is 0.167. The number of hydrogen-bond donors (Lipinski definition) is 1. The van der Waals surface area contributed by atoms with Crippen LogP contribution in [0.25, 0.3) is 10.9 Å². The Bertz CT molecular complexity index is 808. The van der Waals surface area contributed by atoms with Gasteiger partial charge in [-0.15, -0.1) is 0 Å². The second kappa shape index (κ2) is 6.44. The van der Waals surface area contributed by atoms with E-state index in [0.717, 1.165) is 22.4 Å². The first-order valence-corrected chi connectivity index (χ1v) is 7.18. The summed E-state index contributed by atoms with van der Waals surface area (Å²) >= 11 is 0. The van der Waals surface area contributed by atoms with Gasteiger partial charge in [0.05, 0.1) is 26.8 Å². The zero-order chi connectivity index (χ0) is 16.2. The van der Waals surface area contributed by atoms with Gasteiger partial charge in [-0.05, 0) is 18.2 Å². The van der Waals surface area contributed by atoms with Crippen LogP contribution in [0.4, 0.5) is 11.5 Å². The normalized spacial score (nSPS) is 10.4. The lowest BCUT2D eigenvalue weighted by Crippen LogP contribution is -1.98. The summed E-state index contributed by atoms with van der Waals surface area (Å²) in [5.74, 6) is 2.50. The maximum atomic E-state index is 5.36. The first-order valence-electron chi connectivity index (χ1n) is 7.18. The van der Waals surface area contributed by atoms with Crippen LogP contribution in [0.1, 0.15) is 0 Å². The summed E-state index contributed by atoms with van der Waals surface area (Å²) in [5.41, 5.74) is 1.74. The lowest BCUT2D eigenvalue weighted by atomic mass is 10.2. The molecule has 0 aliphatic carbocycles. The van der Waals surface area contributed by atoms with E-state index in [0.29, 0.717) is 17.2 Å². The van der Waals surface area contributed by atoms with E-state index >= 15 is 0 Å². The van der Waals surface area contributed by atoms with Crippen LogP contribution in [-0.2, 0) is 0 Å². The highest BCUT2D eigenvalue weighted by Crippen LogP contribution is 2.40. The molecule has 0 saturated carbocycles. The van der Waals surface area contributed by atoms with Crippen molar-refractivity contribution >= 4 is 22.4 Å². The Kier molecular flexibility index (Phi) is 4.19. The minimum Gasteiger partial charge on any atom is -0.493 e. The topological polar surface area (TPSA) is 52.6 Å². The Morgan fingerprint density at radius 2 is 1.52 bits per heavy atom. The highest BCUT2D eigenvalue weighted by Gasteiger charge is 2.13. The van der Waals surface area contributed by atoms with Gasteiger partial charge in [-0.3, -0.25) is 0 Å². The second-order valence-electron chi connectivity index (χ2n) is 4.93. The van der Waals surface area contributed by atoms with E-state index in [1.54, 1.807) is 21.3 Å². The number of fused-ring (bicyclic) bond motifs is 1. The van der Waals surface area contributed by atoms with Crippen molar-refractivity contribution in [3.63, 3.8) is 0 Å². The van der Waals surface area contributed by atoms with Gasteiger partial charge in [-0.2, -0.15) is 0 Å². The summed E-state index contributed by atoms with van der Waals surface area (Å²) < 4.78 is 16.1. The third kappa shape index (κ3) is 2.99. The van der Waals surface area contributed by atoms with Crippen molar-refractivity contribution in [2.75, 3.05) is 26.6 Å². The molecule has 5 nitrogen and oxygen atoms in total. The van der Waals surface area contributed by atoms with Gasteiger partial charge in [0.1, 0.15) is 5.82 Å². The molecular formula is C18H18N2O3. The largest absolute Gasteiger partial charge is 0.493 e. The number of hydrogen-bond acceptors (Lipinski definition) is 5. The lowest BCUT2D eigenvalue weighted by Gasteiger charge is -2.15. The number of aromatic nitrogens is 1. The summed E-state index contributed by atoms with van der Waals surface area (Å²) in [6.45, 7) is 0. The van der Waals surface area contributed by atoms with E-state index in [4.69, 9.17) is 14.2 Å². The van der Waals surface area contributed by atoms with E-state index in [-0.39, 0.29) is 0 Å². The predicted molar refractivity (Wildman–Crippen MR) is 91.1 cm³/mol. The molecular weight excluding hydrogens is 292 g/mol. The molecule has 1 aromatic heterocycles. The van der Waals surface area contributed by atoms with Crippen LogP contribution in [-0.4, -0.2) is 26.3 Å². The molecule has 2 aromatic carbocycles. The number of methoxy groups -OCH3 is 3. The van der Waals surface area contributed by atoms with Crippen LogP contribution < -0.4 is 19.5 Å². The molecule has 0 unspecified atom stereocenters. The van der Waals surface area contributed by atoms with Gasteiger partial charge in [0.2, 0.25) is 5.75 Å². The van der Waals surface area contributed by atoms with E-state index in [1.165, 1.54) is 0 Å². The lowest BCUT2D eigenvalue weighted by molar-refractivity contribution is 0.324. The summed E-state index contributed by atoms with van der Waals surface area (Å²) in [5, 5.41) is 4.37. The maximum Gasteiger partial charge on any atom is 0.203 e. The molecule has 0 bridgehead atoms. The third-order valence-electron chi connectivity index (χ3n) is 3.54. The van der Waals surface area contributed by atoms with Crippen LogP contribution in [0.2, 0.25) is 0 Å². The van der Waals surface area contributed by atoms with E-state index in [2.05, 4.69) is 10.3 Å². The predicted octanol–water partition coefficient (Wildman–Crippen LogP) is 4.00. The monoisotopic (exact) mass is 310 g/mol. The van der Waals surface area contributed by atoms with Crippen LogP contribution in [0.3, 0.4) is 0 Å². The fourth-order valence-corrected chi connectivity index (χ4v) is 2.44. The van der Waals surface area contributed by atoms with Crippen molar-refractivity contribution in [1.82, 2.24) is 4.98 Å². The van der Waals surface area contributed by atoms with Crippen molar-refractivity contribution in [3.05, 3.63) is 48.5 Å². The zero-order valence-electron chi connectivity index (χ0n) is 13.3. The molecule has 0 amide bonds. The Labute approximate surface area is 134 Å². The molecule has 23 heavy (non-hydrogen) atoms. The zero-order valence-corrected chi connectivity index (χ0v) is 13.3. The molecule has 3 aromatic rings. The quantitative estimate of drug-likeness (QED) is 0.772. The van der Waals surface area contributed by atoms with Gasteiger partial charge >= 0.3 is 0 Å². The average molecular weight is 310 g/mol. The molecule has 0 atom stereocenters. The number of nitrogens with zero attached hydrogens (tertiary/aromatic N) is 1. The number of para-hydroxylation sites is 1. The smallest absolute Gasteiger partial charge is 0.203 e. The van der Waals surface area contributed by atoms with Gasteiger partial charge in [0, 0.05) is 23.2 Å². The van der Waals surface area contributed by atoms with Crippen molar-refractivity contribution in [3.8, 4) is 17.2 Å². The third-order valence-corrected chi connectivity index (χ3v) is 3.54. The summed E-state index contributed by atoms with van der Waals surface area (Å²) in [6, 6.07) is 15.6. The fourth-order valence-electron chi connectivity index (χ4n) is 2.44. The molecule has 5 heteroatoms. The van der Waals surface area contributed by atoms with Crippen molar-refractivity contribution in [2.45, 2.75) is 0 Å². The Balaban J connectivity index is 1.97. The van der Waals surface area contributed by atoms with E-state index in [9.17, 15) is 0 Å². The van der Waals surface area contributed by atoms with E-state index in [1.807, 2.05) is 48.5 Å². The van der Waals surface area contributed by atoms with Crippen LogP contribution in [0.5, 0.6) is 17.2 Å². The first-order chi connectivity index (χ1) is 11.2. The molecule has 0 radical (unpaired) electrons. The van der Waals surface area contributed by atoms with Gasteiger partial charge in [-0.25, -0.2) is 4.98 Å². The molecule has 1 N–H and O–H groups in total. The molecule has 1 heterocycles. The average Bonchev–Trinajstić information content (AvgIpc) is 2.60. The number of anilines is 2.